The summed E-state index contributed by atoms with van der Waals surface area (Å²) in [6.45, 7) is 2.24. The first kappa shape index (κ1) is 15.4. The van der Waals surface area contributed by atoms with E-state index in [9.17, 15) is 14.7 Å². The van der Waals surface area contributed by atoms with Gasteiger partial charge in [-0.1, -0.05) is 19.3 Å². The number of urea groups is 1. The van der Waals surface area contributed by atoms with Gasteiger partial charge in [0.1, 0.15) is 0 Å². The van der Waals surface area contributed by atoms with Crippen molar-refractivity contribution in [2.24, 2.45) is 5.92 Å². The first-order valence-corrected chi connectivity index (χ1v) is 6.82. The van der Waals surface area contributed by atoms with Gasteiger partial charge in [0.15, 0.2) is 0 Å². The number of carbonyl (C=O) groups excluding carboxylic acids is 1. The molecule has 3 N–H and O–H groups in total. The molecule has 19 heavy (non-hydrogen) atoms. The Morgan fingerprint density at radius 1 is 1.26 bits per heavy atom. The molecular formula is C14H22N2O3. The van der Waals surface area contributed by atoms with Crippen LogP contribution in [0.5, 0.6) is 0 Å². The van der Waals surface area contributed by atoms with Crippen LogP contribution in [-0.4, -0.2) is 29.7 Å². The standard InChI is InChI=1S/C14H22N2O3/c1-2-3-7-10-15-14(19)16-12-9-6-4-5-8-11(12)13(17)18/h11-12H,4-10H2,1H3,(H,17,18)(H2,15,16,19). The van der Waals surface area contributed by atoms with Crippen LogP contribution in [0.15, 0.2) is 0 Å². The highest BCUT2D eigenvalue weighted by molar-refractivity contribution is 5.76. The lowest BCUT2D eigenvalue weighted by molar-refractivity contribution is -0.142. The molecule has 2 atom stereocenters. The molecule has 1 aliphatic rings. The first-order valence-electron chi connectivity index (χ1n) is 6.82. The van der Waals surface area contributed by atoms with Crippen molar-refractivity contribution in [1.29, 1.82) is 0 Å². The van der Waals surface area contributed by atoms with Gasteiger partial charge in [0, 0.05) is 19.0 Å². The quantitative estimate of drug-likeness (QED) is 0.412. The average Bonchev–Trinajstić information content (AvgIpc) is 2.60. The van der Waals surface area contributed by atoms with E-state index in [1.807, 2.05) is 0 Å². The number of hydrogen-bond donors (Lipinski definition) is 3. The summed E-state index contributed by atoms with van der Waals surface area (Å²) in [5.74, 6) is 4.33. The molecule has 0 saturated heterocycles. The summed E-state index contributed by atoms with van der Waals surface area (Å²) in [4.78, 5) is 22.9. The lowest BCUT2D eigenvalue weighted by Gasteiger charge is -2.22. The predicted molar refractivity (Wildman–Crippen MR) is 72.6 cm³/mol. The fourth-order valence-electron chi connectivity index (χ4n) is 2.36. The normalized spacial score (nSPS) is 22.6. The van der Waals surface area contributed by atoms with Gasteiger partial charge >= 0.3 is 12.0 Å². The average molecular weight is 266 g/mol. The Balaban J connectivity index is 2.43. The Bertz CT molecular complexity index is 371. The van der Waals surface area contributed by atoms with E-state index in [-0.39, 0.29) is 12.1 Å². The molecule has 2 amide bonds. The number of carbonyl (C=O) groups is 2. The van der Waals surface area contributed by atoms with Crippen molar-refractivity contribution in [3.8, 4) is 11.8 Å². The molecule has 0 aromatic rings. The van der Waals surface area contributed by atoms with Crippen molar-refractivity contribution in [3.63, 3.8) is 0 Å². The topological polar surface area (TPSA) is 78.4 Å². The van der Waals surface area contributed by atoms with Gasteiger partial charge in [-0.2, -0.15) is 0 Å². The van der Waals surface area contributed by atoms with E-state index in [1.54, 1.807) is 6.92 Å². The van der Waals surface area contributed by atoms with Gasteiger partial charge in [0.05, 0.1) is 5.92 Å². The van der Waals surface area contributed by atoms with Crippen LogP contribution in [0, 0.1) is 17.8 Å². The second-order valence-corrected chi connectivity index (χ2v) is 4.77. The largest absolute Gasteiger partial charge is 0.481 e. The van der Waals surface area contributed by atoms with Gasteiger partial charge < -0.3 is 15.7 Å². The Hall–Kier alpha value is -1.70. The molecule has 106 valence electrons. The molecule has 5 heteroatoms. The van der Waals surface area contributed by atoms with Crippen LogP contribution in [0.25, 0.3) is 0 Å². The second kappa shape index (κ2) is 8.41. The van der Waals surface area contributed by atoms with E-state index >= 15 is 0 Å². The SMILES string of the molecule is CC#CCCNC(=O)NC1CCCCCC1C(=O)O. The van der Waals surface area contributed by atoms with Crippen LogP contribution < -0.4 is 10.6 Å². The Morgan fingerprint density at radius 2 is 2.00 bits per heavy atom. The van der Waals surface area contributed by atoms with Crippen LogP contribution in [0.4, 0.5) is 4.79 Å². The maximum Gasteiger partial charge on any atom is 0.315 e. The summed E-state index contributed by atoms with van der Waals surface area (Å²) in [5.41, 5.74) is 0. The summed E-state index contributed by atoms with van der Waals surface area (Å²) < 4.78 is 0. The molecule has 1 rings (SSSR count). The third-order valence-corrected chi connectivity index (χ3v) is 3.36. The van der Waals surface area contributed by atoms with Gasteiger partial charge in [-0.25, -0.2) is 4.79 Å². The number of aliphatic carboxylic acids is 1. The summed E-state index contributed by atoms with van der Waals surface area (Å²) in [5, 5.41) is 14.7. The van der Waals surface area contributed by atoms with Gasteiger partial charge in [-0.15, -0.1) is 11.8 Å². The molecule has 1 fully saturated rings. The van der Waals surface area contributed by atoms with Crippen LogP contribution in [0.2, 0.25) is 0 Å². The molecule has 0 aliphatic heterocycles. The summed E-state index contributed by atoms with van der Waals surface area (Å²) in [7, 11) is 0. The van der Waals surface area contributed by atoms with Gasteiger partial charge in [0.25, 0.3) is 0 Å². The fourth-order valence-corrected chi connectivity index (χ4v) is 2.36. The minimum Gasteiger partial charge on any atom is -0.481 e. The lowest BCUT2D eigenvalue weighted by Crippen LogP contribution is -2.47. The molecule has 0 bridgehead atoms. The van der Waals surface area contributed by atoms with E-state index in [0.29, 0.717) is 19.4 Å². The Kier molecular flexibility index (Phi) is 6.80. The fraction of sp³-hybridized carbons (Fsp3) is 0.714. The number of hydrogen-bond acceptors (Lipinski definition) is 2. The highest BCUT2D eigenvalue weighted by Gasteiger charge is 2.30. The van der Waals surface area contributed by atoms with Gasteiger partial charge in [0.2, 0.25) is 0 Å². The monoisotopic (exact) mass is 266 g/mol. The predicted octanol–water partition coefficient (Wildman–Crippen LogP) is 1.73. The molecule has 5 nitrogen and oxygen atoms in total. The van der Waals surface area contributed by atoms with Crippen LogP contribution in [-0.2, 0) is 4.79 Å². The van der Waals surface area contributed by atoms with E-state index in [2.05, 4.69) is 22.5 Å². The Labute approximate surface area is 114 Å². The summed E-state index contributed by atoms with van der Waals surface area (Å²) in [6, 6.07) is -0.562. The van der Waals surface area contributed by atoms with E-state index in [4.69, 9.17) is 0 Å². The molecule has 2 unspecified atom stereocenters. The van der Waals surface area contributed by atoms with Crippen molar-refractivity contribution in [2.75, 3.05) is 6.54 Å². The Morgan fingerprint density at radius 3 is 2.68 bits per heavy atom. The third-order valence-electron chi connectivity index (χ3n) is 3.36. The smallest absolute Gasteiger partial charge is 0.315 e. The van der Waals surface area contributed by atoms with E-state index in [1.165, 1.54) is 0 Å². The number of carboxylic acid groups (broad SMARTS) is 1. The molecule has 0 aromatic carbocycles. The molecule has 0 aromatic heterocycles. The second-order valence-electron chi connectivity index (χ2n) is 4.77. The van der Waals surface area contributed by atoms with Crippen molar-refractivity contribution >= 4 is 12.0 Å². The van der Waals surface area contributed by atoms with Crippen molar-refractivity contribution in [2.45, 2.75) is 51.5 Å². The number of rotatable bonds is 4. The number of nitrogens with one attached hydrogen (secondary N) is 2. The lowest BCUT2D eigenvalue weighted by atomic mass is 9.95. The highest BCUT2D eigenvalue weighted by Crippen LogP contribution is 2.23. The zero-order valence-corrected chi connectivity index (χ0v) is 11.4. The molecule has 0 radical (unpaired) electrons. The van der Waals surface area contributed by atoms with E-state index in [0.717, 1.165) is 25.7 Å². The molecule has 0 spiro atoms. The number of carboxylic acids is 1. The molecule has 1 aliphatic carbocycles. The van der Waals surface area contributed by atoms with Crippen molar-refractivity contribution in [3.05, 3.63) is 0 Å². The van der Waals surface area contributed by atoms with Crippen LogP contribution in [0.1, 0.15) is 45.4 Å². The molecular weight excluding hydrogens is 244 g/mol. The maximum atomic E-state index is 11.7. The first-order chi connectivity index (χ1) is 9.15. The summed E-state index contributed by atoms with van der Waals surface area (Å²) in [6.07, 6.45) is 4.91. The van der Waals surface area contributed by atoms with Gasteiger partial charge in [-0.3, -0.25) is 4.79 Å². The summed E-state index contributed by atoms with van der Waals surface area (Å²) >= 11 is 0. The zero-order chi connectivity index (χ0) is 14.1. The maximum absolute atomic E-state index is 11.7. The molecule has 0 heterocycles. The third kappa shape index (κ3) is 5.64. The van der Waals surface area contributed by atoms with Crippen molar-refractivity contribution < 1.29 is 14.7 Å². The van der Waals surface area contributed by atoms with Gasteiger partial charge in [-0.05, 0) is 19.8 Å². The van der Waals surface area contributed by atoms with Crippen LogP contribution >= 0.6 is 0 Å². The minimum atomic E-state index is -0.816. The zero-order valence-electron chi connectivity index (χ0n) is 11.4. The molecule has 1 saturated carbocycles. The minimum absolute atomic E-state index is 0.266. The van der Waals surface area contributed by atoms with Crippen molar-refractivity contribution in [1.82, 2.24) is 10.6 Å². The number of amides is 2. The van der Waals surface area contributed by atoms with Crippen LogP contribution in [0.3, 0.4) is 0 Å². The highest BCUT2D eigenvalue weighted by atomic mass is 16.4. The van der Waals surface area contributed by atoms with E-state index < -0.39 is 11.9 Å².